The molecule has 0 N–H and O–H groups in total. The number of anilines is 3. The molecule has 0 bridgehead atoms. The highest BCUT2D eigenvalue weighted by Crippen LogP contribution is 2.42. The minimum atomic E-state index is 0.887. The lowest BCUT2D eigenvalue weighted by molar-refractivity contribution is 0.669. The Balaban J connectivity index is 1.21. The Morgan fingerprint density at radius 3 is 1.92 bits per heavy atom. The fourth-order valence-electron chi connectivity index (χ4n) is 7.52. The molecule has 2 aromatic heterocycles. The van der Waals surface area contributed by atoms with Crippen molar-refractivity contribution in [2.45, 2.75) is 0 Å². The molecular weight excluding hydrogens is 597 g/mol. The lowest BCUT2D eigenvalue weighted by atomic mass is 10.0. The van der Waals surface area contributed by atoms with E-state index >= 15 is 0 Å². The highest BCUT2D eigenvalue weighted by Gasteiger charge is 2.19. The predicted molar refractivity (Wildman–Crippen MR) is 206 cm³/mol. The lowest BCUT2D eigenvalue weighted by Crippen LogP contribution is -2.10. The number of benzene rings is 8. The highest BCUT2D eigenvalue weighted by molar-refractivity contribution is 6.19. The summed E-state index contributed by atoms with van der Waals surface area (Å²) >= 11 is 0. The van der Waals surface area contributed by atoms with Gasteiger partial charge in [0.05, 0.1) is 11.0 Å². The second-order valence-corrected chi connectivity index (χ2v) is 12.6. The first-order valence-corrected chi connectivity index (χ1v) is 16.7. The summed E-state index contributed by atoms with van der Waals surface area (Å²) in [6.45, 7) is 0. The van der Waals surface area contributed by atoms with Crippen molar-refractivity contribution in [3.63, 3.8) is 0 Å². The number of fused-ring (bicyclic) bond motifs is 8. The molecule has 0 radical (unpaired) electrons. The number of para-hydroxylation sites is 3. The van der Waals surface area contributed by atoms with Crippen LogP contribution >= 0.6 is 0 Å². The summed E-state index contributed by atoms with van der Waals surface area (Å²) < 4.78 is 8.63. The van der Waals surface area contributed by atoms with Crippen molar-refractivity contribution in [1.82, 2.24) is 4.57 Å². The first-order chi connectivity index (χ1) is 24.3. The molecule has 2 heterocycles. The molecule has 0 saturated heterocycles. The normalized spacial score (nSPS) is 11.7. The van der Waals surface area contributed by atoms with E-state index < -0.39 is 0 Å². The van der Waals surface area contributed by atoms with Gasteiger partial charge in [-0.25, -0.2) is 0 Å². The smallest absolute Gasteiger partial charge is 0.135 e. The van der Waals surface area contributed by atoms with Gasteiger partial charge >= 0.3 is 0 Å². The Kier molecular flexibility index (Phi) is 6.18. The zero-order chi connectivity index (χ0) is 32.3. The van der Waals surface area contributed by atoms with Gasteiger partial charge in [-0.15, -0.1) is 0 Å². The summed E-state index contributed by atoms with van der Waals surface area (Å²) in [4.78, 5) is 2.37. The molecule has 3 nitrogen and oxygen atoms in total. The molecule has 0 unspecified atom stereocenters. The first-order valence-electron chi connectivity index (χ1n) is 16.7. The molecule has 0 aliphatic rings. The van der Waals surface area contributed by atoms with E-state index in [0.29, 0.717) is 0 Å². The number of nitrogens with zero attached hydrogens (tertiary/aromatic N) is 2. The molecule has 0 atom stereocenters. The topological polar surface area (TPSA) is 21.3 Å². The zero-order valence-electron chi connectivity index (χ0n) is 26.6. The summed E-state index contributed by atoms with van der Waals surface area (Å²) in [5.74, 6) is 0. The van der Waals surface area contributed by atoms with Gasteiger partial charge in [0.2, 0.25) is 0 Å². The van der Waals surface area contributed by atoms with Gasteiger partial charge in [-0.1, -0.05) is 115 Å². The summed E-state index contributed by atoms with van der Waals surface area (Å²) in [6.07, 6.45) is 0. The molecule has 49 heavy (non-hydrogen) atoms. The van der Waals surface area contributed by atoms with Crippen molar-refractivity contribution in [2.24, 2.45) is 0 Å². The van der Waals surface area contributed by atoms with Crippen LogP contribution in [0.5, 0.6) is 0 Å². The third-order valence-corrected chi connectivity index (χ3v) is 9.74. The number of rotatable bonds is 5. The molecule has 10 aromatic rings. The SMILES string of the molecule is c1ccc(-c2cccc(N(c3ccc4c(ccc5c6ccccc6n(-c6ccccc6)c45)c3)c3ccc4oc5ccccc5c4c3)c2)cc1. The molecular formula is C46H30N2O. The predicted octanol–water partition coefficient (Wildman–Crippen LogP) is 13.0. The molecule has 0 aliphatic heterocycles. The van der Waals surface area contributed by atoms with E-state index in [0.717, 1.165) is 44.7 Å². The second kappa shape index (κ2) is 11.0. The number of hydrogen-bond acceptors (Lipinski definition) is 2. The summed E-state index contributed by atoms with van der Waals surface area (Å²) in [5.41, 5.74) is 11.0. The fourth-order valence-corrected chi connectivity index (χ4v) is 7.52. The minimum Gasteiger partial charge on any atom is -0.456 e. The van der Waals surface area contributed by atoms with Crippen LogP contribution in [0.25, 0.3) is 71.3 Å². The molecule has 0 saturated carbocycles. The van der Waals surface area contributed by atoms with Crippen molar-refractivity contribution in [1.29, 1.82) is 0 Å². The van der Waals surface area contributed by atoms with Crippen molar-refractivity contribution >= 4 is 71.6 Å². The average molecular weight is 627 g/mol. The van der Waals surface area contributed by atoms with Crippen LogP contribution in [0.1, 0.15) is 0 Å². The number of furan rings is 1. The molecule has 0 amide bonds. The lowest BCUT2D eigenvalue weighted by Gasteiger charge is -2.26. The van der Waals surface area contributed by atoms with Crippen molar-refractivity contribution in [3.8, 4) is 16.8 Å². The van der Waals surface area contributed by atoms with Crippen LogP contribution in [0, 0.1) is 0 Å². The van der Waals surface area contributed by atoms with Crippen LogP contribution in [0.4, 0.5) is 17.1 Å². The van der Waals surface area contributed by atoms with Gasteiger partial charge in [0.25, 0.3) is 0 Å². The molecule has 0 aliphatic carbocycles. The van der Waals surface area contributed by atoms with Gasteiger partial charge < -0.3 is 13.9 Å². The third-order valence-electron chi connectivity index (χ3n) is 9.74. The molecule has 0 spiro atoms. The summed E-state index contributed by atoms with van der Waals surface area (Å²) in [7, 11) is 0. The standard InChI is InChI=1S/C46H30N2O/c1-3-12-31(13-4-1)32-14-11-17-35(28-32)47(37-24-27-45-42(30-37)40-19-8-10-21-44(40)49-45)36-23-26-38-33(29-36)22-25-41-39-18-7-9-20-43(39)48(46(38)41)34-15-5-2-6-16-34/h1-30H. The molecule has 3 heteroatoms. The summed E-state index contributed by atoms with van der Waals surface area (Å²) in [6, 6.07) is 65.0. The Bertz CT molecular complexity index is 2830. The van der Waals surface area contributed by atoms with Crippen molar-refractivity contribution in [2.75, 3.05) is 4.90 Å². The molecule has 10 rings (SSSR count). The maximum Gasteiger partial charge on any atom is 0.135 e. The van der Waals surface area contributed by atoms with E-state index in [1.165, 1.54) is 43.7 Å². The molecule has 8 aromatic carbocycles. The van der Waals surface area contributed by atoms with Crippen LogP contribution in [0.15, 0.2) is 186 Å². The van der Waals surface area contributed by atoms with Crippen LogP contribution in [0.2, 0.25) is 0 Å². The Labute approximate surface area is 283 Å². The van der Waals surface area contributed by atoms with Crippen molar-refractivity contribution in [3.05, 3.63) is 182 Å². The van der Waals surface area contributed by atoms with Gasteiger partial charge in [-0.2, -0.15) is 0 Å². The van der Waals surface area contributed by atoms with Crippen LogP contribution in [-0.4, -0.2) is 4.57 Å². The van der Waals surface area contributed by atoms with E-state index in [9.17, 15) is 0 Å². The van der Waals surface area contributed by atoms with Gasteiger partial charge in [0.1, 0.15) is 11.2 Å². The fraction of sp³-hybridized carbons (Fsp3) is 0. The summed E-state index contributed by atoms with van der Waals surface area (Å²) in [5, 5.41) is 7.13. The first kappa shape index (κ1) is 27.5. The van der Waals surface area contributed by atoms with E-state index in [1.807, 2.05) is 12.1 Å². The van der Waals surface area contributed by atoms with Crippen molar-refractivity contribution < 1.29 is 4.42 Å². The third kappa shape index (κ3) is 4.44. The quantitative estimate of drug-likeness (QED) is 0.190. The Morgan fingerprint density at radius 2 is 1.04 bits per heavy atom. The van der Waals surface area contributed by atoms with Crippen LogP contribution in [-0.2, 0) is 0 Å². The largest absolute Gasteiger partial charge is 0.456 e. The van der Waals surface area contributed by atoms with E-state index in [-0.39, 0.29) is 0 Å². The van der Waals surface area contributed by atoms with Crippen LogP contribution in [0.3, 0.4) is 0 Å². The average Bonchev–Trinajstić information content (AvgIpc) is 3.71. The number of aromatic nitrogens is 1. The Morgan fingerprint density at radius 1 is 0.388 bits per heavy atom. The second-order valence-electron chi connectivity index (χ2n) is 12.6. The zero-order valence-corrected chi connectivity index (χ0v) is 26.6. The van der Waals surface area contributed by atoms with E-state index in [1.54, 1.807) is 0 Å². The van der Waals surface area contributed by atoms with Gasteiger partial charge in [0, 0.05) is 49.7 Å². The molecule has 230 valence electrons. The van der Waals surface area contributed by atoms with Crippen LogP contribution < -0.4 is 4.90 Å². The maximum absolute atomic E-state index is 6.23. The van der Waals surface area contributed by atoms with E-state index in [4.69, 9.17) is 4.42 Å². The number of hydrogen-bond donors (Lipinski definition) is 0. The highest BCUT2D eigenvalue weighted by atomic mass is 16.3. The minimum absolute atomic E-state index is 0.887. The molecule has 0 fully saturated rings. The monoisotopic (exact) mass is 626 g/mol. The Hall–Kier alpha value is -6.58. The van der Waals surface area contributed by atoms with Gasteiger partial charge in [0.15, 0.2) is 0 Å². The van der Waals surface area contributed by atoms with Gasteiger partial charge in [-0.3, -0.25) is 0 Å². The van der Waals surface area contributed by atoms with E-state index in [2.05, 4.69) is 179 Å². The van der Waals surface area contributed by atoms with Gasteiger partial charge in [-0.05, 0) is 83.2 Å². The maximum atomic E-state index is 6.23.